The number of ether oxygens (including phenoxy) is 2. The van der Waals surface area contributed by atoms with E-state index in [1.807, 2.05) is 40.7 Å². The maximum absolute atomic E-state index is 6.02. The van der Waals surface area contributed by atoms with E-state index in [9.17, 15) is 0 Å². The first-order valence-electron chi connectivity index (χ1n) is 11.5. The molecule has 0 aliphatic carbocycles. The van der Waals surface area contributed by atoms with Gasteiger partial charge in [-0.3, -0.25) is 0 Å². The van der Waals surface area contributed by atoms with E-state index in [0.717, 1.165) is 44.8 Å². The third-order valence-electron chi connectivity index (χ3n) is 5.17. The Morgan fingerprint density at radius 2 is 1.70 bits per heavy atom. The molecule has 1 aliphatic rings. The van der Waals surface area contributed by atoms with E-state index < -0.39 is 0 Å². The van der Waals surface area contributed by atoms with Crippen molar-refractivity contribution in [2.45, 2.75) is 60.5 Å². The summed E-state index contributed by atoms with van der Waals surface area (Å²) in [5, 5.41) is 0. The van der Waals surface area contributed by atoms with Gasteiger partial charge in [-0.15, -0.1) is 0 Å². The maximum Gasteiger partial charge on any atom is 0.0925 e. The van der Waals surface area contributed by atoms with Crippen LogP contribution in [0.15, 0.2) is 47.9 Å². The Balaban J connectivity index is 0.00000198. The molecule has 0 aromatic heterocycles. The zero-order valence-corrected chi connectivity index (χ0v) is 21.0. The zero-order chi connectivity index (χ0) is 22.9. The van der Waals surface area contributed by atoms with Crippen LogP contribution in [0.25, 0.3) is 0 Å². The molecular formula is C26H46N2O2. The van der Waals surface area contributed by atoms with Crippen LogP contribution in [0.3, 0.4) is 0 Å². The molecular weight excluding hydrogens is 372 g/mol. The average molecular weight is 419 g/mol. The fraction of sp³-hybridized carbons (Fsp3) is 0.615. The summed E-state index contributed by atoms with van der Waals surface area (Å²) in [6.07, 6.45) is 6.43. The Labute approximate surface area is 186 Å². The predicted molar refractivity (Wildman–Crippen MR) is 131 cm³/mol. The molecule has 2 rings (SSSR count). The molecule has 0 saturated carbocycles. The van der Waals surface area contributed by atoms with Crippen molar-refractivity contribution in [2.75, 3.05) is 47.4 Å². The van der Waals surface area contributed by atoms with E-state index in [1.165, 1.54) is 16.8 Å². The minimum atomic E-state index is 0.240. The van der Waals surface area contributed by atoms with Gasteiger partial charge in [-0.2, -0.15) is 0 Å². The van der Waals surface area contributed by atoms with Crippen molar-refractivity contribution in [1.29, 1.82) is 0 Å². The van der Waals surface area contributed by atoms with Gasteiger partial charge in [-0.1, -0.05) is 52.0 Å². The molecule has 1 atom stereocenters. The lowest BCUT2D eigenvalue weighted by atomic mass is 9.96. The zero-order valence-electron chi connectivity index (χ0n) is 21.0. The van der Waals surface area contributed by atoms with Crippen molar-refractivity contribution in [3.05, 3.63) is 59.0 Å². The highest BCUT2D eigenvalue weighted by Crippen LogP contribution is 2.29. The first kappa shape index (κ1) is 28.2. The van der Waals surface area contributed by atoms with Gasteiger partial charge < -0.3 is 19.3 Å². The number of allylic oxidation sites excluding steroid dienone is 4. The van der Waals surface area contributed by atoms with E-state index in [1.54, 1.807) is 7.11 Å². The van der Waals surface area contributed by atoms with Crippen LogP contribution in [0.4, 0.5) is 0 Å². The molecule has 4 heteroatoms. The number of hydrogen-bond acceptors (Lipinski definition) is 4. The number of fused-ring (bicyclic) bond motifs is 1. The predicted octanol–water partition coefficient (Wildman–Crippen LogP) is 6.06. The normalized spacial score (nSPS) is 16.0. The minimum Gasteiger partial charge on any atom is -0.501 e. The molecule has 0 amide bonds. The van der Waals surface area contributed by atoms with Gasteiger partial charge in [-0.25, -0.2) is 0 Å². The highest BCUT2D eigenvalue weighted by atomic mass is 16.5. The fourth-order valence-electron chi connectivity index (χ4n) is 3.10. The van der Waals surface area contributed by atoms with Gasteiger partial charge >= 0.3 is 0 Å². The SMILES string of the molecule is CC.CC.CO/C(C)=C/C=C(\C)N(C)CCN(C)CCC1OCCc2ccccc21. The number of methoxy groups -OCH3 is 1. The minimum absolute atomic E-state index is 0.240. The molecule has 0 saturated heterocycles. The van der Waals surface area contributed by atoms with Gasteiger partial charge in [0.2, 0.25) is 0 Å². The summed E-state index contributed by atoms with van der Waals surface area (Å²) in [6, 6.07) is 8.70. The number of rotatable bonds is 9. The van der Waals surface area contributed by atoms with Crippen LogP contribution in [0.1, 0.15) is 65.2 Å². The summed E-state index contributed by atoms with van der Waals surface area (Å²) in [6.45, 7) is 16.0. The third-order valence-corrected chi connectivity index (χ3v) is 5.17. The van der Waals surface area contributed by atoms with Crippen molar-refractivity contribution in [3.63, 3.8) is 0 Å². The lowest BCUT2D eigenvalue weighted by Gasteiger charge is -2.29. The molecule has 0 fully saturated rings. The topological polar surface area (TPSA) is 24.9 Å². The van der Waals surface area contributed by atoms with E-state index in [4.69, 9.17) is 9.47 Å². The van der Waals surface area contributed by atoms with Crippen molar-refractivity contribution >= 4 is 0 Å². The Kier molecular flexibility index (Phi) is 16.0. The second kappa shape index (κ2) is 17.0. The van der Waals surface area contributed by atoms with Gasteiger partial charge in [0.05, 0.1) is 25.6 Å². The maximum atomic E-state index is 6.02. The Bertz CT molecular complexity index is 625. The van der Waals surface area contributed by atoms with Crippen molar-refractivity contribution < 1.29 is 9.47 Å². The monoisotopic (exact) mass is 418 g/mol. The smallest absolute Gasteiger partial charge is 0.0925 e. The number of likely N-dealkylation sites (N-methyl/N-ethyl adjacent to an activating group) is 2. The van der Waals surface area contributed by atoms with Gasteiger partial charge in [0.1, 0.15) is 0 Å². The Morgan fingerprint density at radius 1 is 1.03 bits per heavy atom. The third kappa shape index (κ3) is 10.3. The van der Waals surface area contributed by atoms with Crippen molar-refractivity contribution in [3.8, 4) is 0 Å². The first-order chi connectivity index (χ1) is 14.5. The van der Waals surface area contributed by atoms with E-state index in [0.29, 0.717) is 0 Å². The van der Waals surface area contributed by atoms with Gasteiger partial charge in [0, 0.05) is 32.4 Å². The molecule has 4 nitrogen and oxygen atoms in total. The molecule has 0 N–H and O–H groups in total. The highest BCUT2D eigenvalue weighted by Gasteiger charge is 2.20. The molecule has 30 heavy (non-hydrogen) atoms. The molecule has 1 aromatic rings. The number of benzene rings is 1. The second-order valence-electron chi connectivity index (χ2n) is 7.11. The largest absolute Gasteiger partial charge is 0.501 e. The Hall–Kier alpha value is -1.78. The fourth-order valence-corrected chi connectivity index (χ4v) is 3.10. The van der Waals surface area contributed by atoms with Crippen LogP contribution in [0.5, 0.6) is 0 Å². The molecule has 0 spiro atoms. The quantitative estimate of drug-likeness (QED) is 0.359. The summed E-state index contributed by atoms with van der Waals surface area (Å²) < 4.78 is 11.2. The Morgan fingerprint density at radius 3 is 2.37 bits per heavy atom. The second-order valence-corrected chi connectivity index (χ2v) is 7.11. The van der Waals surface area contributed by atoms with Crippen LogP contribution < -0.4 is 0 Å². The van der Waals surface area contributed by atoms with Gasteiger partial charge in [0.25, 0.3) is 0 Å². The summed E-state index contributed by atoms with van der Waals surface area (Å²) in [5.41, 5.74) is 4.06. The van der Waals surface area contributed by atoms with Crippen LogP contribution in [0.2, 0.25) is 0 Å². The summed E-state index contributed by atoms with van der Waals surface area (Å²) in [4.78, 5) is 4.67. The van der Waals surface area contributed by atoms with Crippen LogP contribution in [-0.2, 0) is 15.9 Å². The molecule has 172 valence electrons. The van der Waals surface area contributed by atoms with E-state index in [2.05, 4.69) is 61.2 Å². The lowest BCUT2D eigenvalue weighted by Crippen LogP contribution is -2.31. The molecule has 1 aliphatic heterocycles. The van der Waals surface area contributed by atoms with Gasteiger partial charge in [-0.05, 0) is 57.0 Å². The van der Waals surface area contributed by atoms with Crippen molar-refractivity contribution in [2.24, 2.45) is 0 Å². The van der Waals surface area contributed by atoms with E-state index in [-0.39, 0.29) is 6.10 Å². The van der Waals surface area contributed by atoms with Gasteiger partial charge in [0.15, 0.2) is 0 Å². The standard InChI is InChI=1S/C22H34N2O2.2C2H6/c1-18(10-11-19(2)25-5)24(4)16-15-23(3)14-12-22-21-9-7-6-8-20(21)13-17-26-22;2*1-2/h6-11,22H,12-17H2,1-5H3;2*1-2H3/b18-10+,19-11+;;. The molecule has 1 unspecified atom stereocenters. The van der Waals surface area contributed by atoms with E-state index >= 15 is 0 Å². The molecule has 0 bridgehead atoms. The van der Waals surface area contributed by atoms with Crippen molar-refractivity contribution in [1.82, 2.24) is 9.80 Å². The lowest BCUT2D eigenvalue weighted by molar-refractivity contribution is 0.0306. The number of hydrogen-bond donors (Lipinski definition) is 0. The molecule has 1 heterocycles. The molecule has 0 radical (unpaired) electrons. The van der Waals surface area contributed by atoms with Crippen LogP contribution in [-0.4, -0.2) is 57.2 Å². The van der Waals surface area contributed by atoms with Crippen LogP contribution >= 0.6 is 0 Å². The summed E-state index contributed by atoms with van der Waals surface area (Å²) in [5.74, 6) is 0.919. The number of nitrogens with zero attached hydrogens (tertiary/aromatic N) is 2. The average Bonchev–Trinajstić information content (AvgIpc) is 2.81. The highest BCUT2D eigenvalue weighted by molar-refractivity contribution is 5.30. The van der Waals surface area contributed by atoms with Crippen LogP contribution in [0, 0.1) is 0 Å². The first-order valence-corrected chi connectivity index (χ1v) is 11.5. The summed E-state index contributed by atoms with van der Waals surface area (Å²) >= 11 is 0. The molecule has 1 aromatic carbocycles. The summed E-state index contributed by atoms with van der Waals surface area (Å²) in [7, 11) is 6.02.